The van der Waals surface area contributed by atoms with Crippen LogP contribution in [0, 0.1) is 0 Å². The number of unbranched alkanes of at least 4 members (excludes halogenated alkanes) is 1. The molecule has 0 aliphatic carbocycles. The minimum atomic E-state index is -1.26. The monoisotopic (exact) mass is 513 g/mol. The van der Waals surface area contributed by atoms with Crippen molar-refractivity contribution >= 4 is 17.9 Å². The van der Waals surface area contributed by atoms with E-state index in [1.807, 2.05) is 18.2 Å². The fraction of sp³-hybridized carbons (Fsp3) is 0.393. The summed E-state index contributed by atoms with van der Waals surface area (Å²) < 4.78 is 11.9. The van der Waals surface area contributed by atoms with Crippen LogP contribution in [0.15, 0.2) is 66.7 Å². The lowest BCUT2D eigenvalue weighted by molar-refractivity contribution is -0.137. The fourth-order valence-corrected chi connectivity index (χ4v) is 3.97. The van der Waals surface area contributed by atoms with Gasteiger partial charge < -0.3 is 29.7 Å². The van der Waals surface area contributed by atoms with Crippen molar-refractivity contribution in [1.82, 2.24) is 4.90 Å². The van der Waals surface area contributed by atoms with Crippen molar-refractivity contribution in [2.75, 3.05) is 26.7 Å². The Kier molecular flexibility index (Phi) is 12.9. The number of rotatable bonds is 12. The van der Waals surface area contributed by atoms with Gasteiger partial charge in [0.25, 0.3) is 0 Å². The standard InChI is InChI=1S/C24H31NO4.C4H4O4/c1-28-21-12-10-20(11-13-21)24(19-7-3-2-4-8-19)29-22-14-17-25(18-15-22)16-6-5-9-23(26)27;5-3(6)1-2-4(7)8/h2-4,7-8,10-13,22,24H,5-6,9,14-18H2,1H3,(H,26,27);1-2H,(H,5,6)(H,7,8)/b;2-1+. The van der Waals surface area contributed by atoms with Crippen LogP contribution in [0.1, 0.15) is 49.3 Å². The highest BCUT2D eigenvalue weighted by Gasteiger charge is 2.24. The molecule has 200 valence electrons. The molecule has 1 aliphatic rings. The Morgan fingerprint density at radius 2 is 1.46 bits per heavy atom. The maximum Gasteiger partial charge on any atom is 0.328 e. The van der Waals surface area contributed by atoms with Crippen LogP contribution >= 0.6 is 0 Å². The van der Waals surface area contributed by atoms with E-state index in [1.165, 1.54) is 0 Å². The van der Waals surface area contributed by atoms with Crippen molar-refractivity contribution in [2.24, 2.45) is 0 Å². The SMILES string of the molecule is COc1ccc(C(OC2CCN(CCCCC(=O)O)CC2)c2ccccc2)cc1.O=C(O)/C=C/C(=O)O. The summed E-state index contributed by atoms with van der Waals surface area (Å²) in [6.45, 7) is 2.98. The van der Waals surface area contributed by atoms with E-state index in [0.29, 0.717) is 12.2 Å². The molecule has 1 heterocycles. The van der Waals surface area contributed by atoms with Crippen molar-refractivity contribution in [3.63, 3.8) is 0 Å². The van der Waals surface area contributed by atoms with Crippen LogP contribution in [0.25, 0.3) is 0 Å². The van der Waals surface area contributed by atoms with Crippen molar-refractivity contribution in [3.8, 4) is 5.75 Å². The van der Waals surface area contributed by atoms with E-state index < -0.39 is 17.9 Å². The molecule has 3 rings (SSSR count). The number of aliphatic carboxylic acids is 3. The summed E-state index contributed by atoms with van der Waals surface area (Å²) in [6.07, 6.45) is 5.20. The van der Waals surface area contributed by atoms with E-state index in [2.05, 4.69) is 41.3 Å². The summed E-state index contributed by atoms with van der Waals surface area (Å²) >= 11 is 0. The smallest absolute Gasteiger partial charge is 0.328 e. The van der Waals surface area contributed by atoms with Gasteiger partial charge in [0, 0.05) is 31.7 Å². The molecule has 9 nitrogen and oxygen atoms in total. The lowest BCUT2D eigenvalue weighted by atomic mass is 10.00. The maximum atomic E-state index is 10.6. The van der Waals surface area contributed by atoms with E-state index in [-0.39, 0.29) is 18.6 Å². The summed E-state index contributed by atoms with van der Waals surface area (Å²) in [4.78, 5) is 32.2. The van der Waals surface area contributed by atoms with Crippen LogP contribution in [-0.2, 0) is 19.1 Å². The molecule has 0 aromatic heterocycles. The highest BCUT2D eigenvalue weighted by molar-refractivity contribution is 5.89. The predicted octanol–water partition coefficient (Wildman–Crippen LogP) is 4.23. The van der Waals surface area contributed by atoms with Crippen LogP contribution in [0.2, 0.25) is 0 Å². The number of piperidine rings is 1. The zero-order valence-corrected chi connectivity index (χ0v) is 21.0. The molecule has 1 atom stereocenters. The number of carbonyl (C=O) groups is 3. The molecule has 0 spiro atoms. The van der Waals surface area contributed by atoms with Crippen LogP contribution < -0.4 is 4.74 Å². The van der Waals surface area contributed by atoms with E-state index in [1.54, 1.807) is 7.11 Å². The first-order valence-electron chi connectivity index (χ1n) is 12.2. The molecule has 2 aromatic rings. The van der Waals surface area contributed by atoms with Gasteiger partial charge in [-0.1, -0.05) is 42.5 Å². The average molecular weight is 514 g/mol. The van der Waals surface area contributed by atoms with Crippen molar-refractivity contribution in [2.45, 2.75) is 44.3 Å². The Morgan fingerprint density at radius 1 is 0.892 bits per heavy atom. The molecule has 1 fully saturated rings. The molecule has 1 saturated heterocycles. The quantitative estimate of drug-likeness (QED) is 0.281. The van der Waals surface area contributed by atoms with Gasteiger partial charge in [0.15, 0.2) is 0 Å². The molecule has 37 heavy (non-hydrogen) atoms. The van der Waals surface area contributed by atoms with Crippen molar-refractivity contribution in [1.29, 1.82) is 0 Å². The number of ether oxygens (including phenoxy) is 2. The minimum absolute atomic E-state index is 0.0887. The molecule has 2 aromatic carbocycles. The van der Waals surface area contributed by atoms with Gasteiger partial charge in [-0.05, 0) is 55.5 Å². The molecular weight excluding hydrogens is 478 g/mol. The van der Waals surface area contributed by atoms with Crippen LogP contribution in [0.3, 0.4) is 0 Å². The number of likely N-dealkylation sites (tertiary alicyclic amines) is 1. The molecule has 0 radical (unpaired) electrons. The summed E-state index contributed by atoms with van der Waals surface area (Å²) in [5, 5.41) is 24.4. The Balaban J connectivity index is 0.000000521. The maximum absolute atomic E-state index is 10.6. The zero-order valence-electron chi connectivity index (χ0n) is 21.0. The van der Waals surface area contributed by atoms with Crippen LogP contribution in [0.5, 0.6) is 5.75 Å². The van der Waals surface area contributed by atoms with Gasteiger partial charge in [-0.3, -0.25) is 4.79 Å². The highest BCUT2D eigenvalue weighted by atomic mass is 16.5. The first kappa shape index (κ1) is 29.5. The van der Waals surface area contributed by atoms with Crippen molar-refractivity contribution < 1.29 is 39.2 Å². The van der Waals surface area contributed by atoms with Crippen LogP contribution in [0.4, 0.5) is 0 Å². The molecule has 1 aliphatic heterocycles. The molecule has 1 unspecified atom stereocenters. The Bertz CT molecular complexity index is 983. The van der Waals surface area contributed by atoms with Gasteiger partial charge in [-0.15, -0.1) is 0 Å². The van der Waals surface area contributed by atoms with Crippen LogP contribution in [-0.4, -0.2) is 71.0 Å². The summed E-state index contributed by atoms with van der Waals surface area (Å²) in [6, 6.07) is 18.5. The largest absolute Gasteiger partial charge is 0.497 e. The first-order valence-corrected chi connectivity index (χ1v) is 12.2. The summed E-state index contributed by atoms with van der Waals surface area (Å²) in [7, 11) is 1.68. The number of nitrogens with zero attached hydrogens (tertiary/aromatic N) is 1. The third kappa shape index (κ3) is 11.7. The normalized spacial score (nSPS) is 14.9. The van der Waals surface area contributed by atoms with E-state index in [4.69, 9.17) is 24.8 Å². The van der Waals surface area contributed by atoms with Gasteiger partial charge in [-0.2, -0.15) is 0 Å². The second-order valence-corrected chi connectivity index (χ2v) is 8.60. The Morgan fingerprint density at radius 3 is 1.97 bits per heavy atom. The fourth-order valence-electron chi connectivity index (χ4n) is 3.97. The highest BCUT2D eigenvalue weighted by Crippen LogP contribution is 2.31. The first-order chi connectivity index (χ1) is 17.8. The molecule has 0 saturated carbocycles. The summed E-state index contributed by atoms with van der Waals surface area (Å²) in [5.41, 5.74) is 2.29. The number of hydrogen-bond acceptors (Lipinski definition) is 6. The third-order valence-corrected chi connectivity index (χ3v) is 5.87. The Hall–Kier alpha value is -3.69. The molecule has 9 heteroatoms. The number of carboxylic acids is 3. The number of hydrogen-bond donors (Lipinski definition) is 3. The van der Waals surface area contributed by atoms with Gasteiger partial charge in [-0.25, -0.2) is 9.59 Å². The van der Waals surface area contributed by atoms with Crippen molar-refractivity contribution in [3.05, 3.63) is 77.9 Å². The topological polar surface area (TPSA) is 134 Å². The molecular formula is C28H35NO8. The Labute approximate surface area is 216 Å². The summed E-state index contributed by atoms with van der Waals surface area (Å²) in [5.74, 6) is -2.38. The van der Waals surface area contributed by atoms with Gasteiger partial charge in [0.05, 0.1) is 13.2 Å². The van der Waals surface area contributed by atoms with E-state index >= 15 is 0 Å². The predicted molar refractivity (Wildman–Crippen MR) is 138 cm³/mol. The van der Waals surface area contributed by atoms with Gasteiger partial charge in [0.2, 0.25) is 0 Å². The second kappa shape index (κ2) is 16.1. The lowest BCUT2D eigenvalue weighted by Gasteiger charge is -2.34. The van der Waals surface area contributed by atoms with E-state index in [9.17, 15) is 14.4 Å². The lowest BCUT2D eigenvalue weighted by Crippen LogP contribution is -2.38. The number of methoxy groups -OCH3 is 1. The second-order valence-electron chi connectivity index (χ2n) is 8.60. The molecule has 3 N–H and O–H groups in total. The van der Waals surface area contributed by atoms with Gasteiger partial charge >= 0.3 is 17.9 Å². The number of carboxylic acid groups (broad SMARTS) is 3. The molecule has 0 bridgehead atoms. The van der Waals surface area contributed by atoms with Gasteiger partial charge in [0.1, 0.15) is 11.9 Å². The zero-order chi connectivity index (χ0) is 27.0. The number of benzene rings is 2. The average Bonchev–Trinajstić information content (AvgIpc) is 2.90. The van der Waals surface area contributed by atoms with E-state index in [0.717, 1.165) is 62.2 Å². The minimum Gasteiger partial charge on any atom is -0.497 e. The molecule has 0 amide bonds. The third-order valence-electron chi connectivity index (χ3n) is 5.87.